The van der Waals surface area contributed by atoms with Gasteiger partial charge in [0.1, 0.15) is 0 Å². The Hall–Kier alpha value is -2.56. The third-order valence-electron chi connectivity index (χ3n) is 4.35. The number of aromatic nitrogens is 2. The molecule has 0 saturated heterocycles. The highest BCUT2D eigenvalue weighted by Crippen LogP contribution is 2.39. The van der Waals surface area contributed by atoms with E-state index < -0.39 is 0 Å². The van der Waals surface area contributed by atoms with Crippen LogP contribution in [0.15, 0.2) is 83.3 Å². The molecule has 2 heterocycles. The summed E-state index contributed by atoms with van der Waals surface area (Å²) in [7, 11) is 0. The Bertz CT molecular complexity index is 1250. The molecular formula is C22H13BrN2S. The smallest absolute Gasteiger partial charge is 0.160 e. The van der Waals surface area contributed by atoms with E-state index in [2.05, 4.69) is 64.5 Å². The predicted molar refractivity (Wildman–Crippen MR) is 113 cm³/mol. The second kappa shape index (κ2) is 6.31. The van der Waals surface area contributed by atoms with Crippen molar-refractivity contribution < 1.29 is 0 Å². The topological polar surface area (TPSA) is 25.8 Å². The van der Waals surface area contributed by atoms with E-state index in [0.717, 1.165) is 37.3 Å². The lowest BCUT2D eigenvalue weighted by Gasteiger charge is -2.07. The fourth-order valence-electron chi connectivity index (χ4n) is 3.14. The molecule has 0 atom stereocenters. The Morgan fingerprint density at radius 2 is 1.50 bits per heavy atom. The number of benzene rings is 3. The molecule has 2 nitrogen and oxygen atoms in total. The maximum Gasteiger partial charge on any atom is 0.160 e. The molecule has 0 bridgehead atoms. The van der Waals surface area contributed by atoms with Crippen LogP contribution in [0.5, 0.6) is 0 Å². The number of rotatable bonds is 2. The fourth-order valence-corrected chi connectivity index (χ4v) is 4.69. The Balaban J connectivity index is 1.90. The molecule has 0 N–H and O–H groups in total. The van der Waals surface area contributed by atoms with Gasteiger partial charge >= 0.3 is 0 Å². The molecule has 5 rings (SSSR count). The Labute approximate surface area is 163 Å². The Kier molecular flexibility index (Phi) is 3.80. The molecule has 0 saturated carbocycles. The van der Waals surface area contributed by atoms with Crippen molar-refractivity contribution in [2.75, 3.05) is 0 Å². The van der Waals surface area contributed by atoms with E-state index in [1.165, 1.54) is 10.1 Å². The highest BCUT2D eigenvalue weighted by molar-refractivity contribution is 9.10. The Morgan fingerprint density at radius 3 is 2.35 bits per heavy atom. The normalized spacial score (nSPS) is 11.3. The van der Waals surface area contributed by atoms with E-state index in [1.54, 1.807) is 11.3 Å². The fraction of sp³-hybridized carbons (Fsp3) is 0. The molecule has 0 unspecified atom stereocenters. The zero-order valence-electron chi connectivity index (χ0n) is 13.7. The molecule has 2 aromatic heterocycles. The first-order chi connectivity index (χ1) is 12.8. The van der Waals surface area contributed by atoms with Crippen LogP contribution in [0.1, 0.15) is 0 Å². The summed E-state index contributed by atoms with van der Waals surface area (Å²) in [4.78, 5) is 9.89. The van der Waals surface area contributed by atoms with Gasteiger partial charge in [-0.05, 0) is 18.2 Å². The molecule has 0 aliphatic carbocycles. The lowest BCUT2D eigenvalue weighted by molar-refractivity contribution is 1.24. The lowest BCUT2D eigenvalue weighted by Crippen LogP contribution is -1.93. The van der Waals surface area contributed by atoms with Gasteiger partial charge in [-0.15, -0.1) is 11.3 Å². The number of thiophene rings is 1. The van der Waals surface area contributed by atoms with Crippen LogP contribution in [0, 0.1) is 0 Å². The maximum atomic E-state index is 4.96. The second-order valence-electron chi connectivity index (χ2n) is 6.05. The quantitative estimate of drug-likeness (QED) is 0.311. The van der Waals surface area contributed by atoms with Gasteiger partial charge < -0.3 is 0 Å². The molecule has 4 heteroatoms. The molecule has 124 valence electrons. The van der Waals surface area contributed by atoms with Crippen LogP contribution in [0.4, 0.5) is 0 Å². The number of hydrogen-bond acceptors (Lipinski definition) is 3. The molecule has 0 aliphatic heterocycles. The molecule has 0 fully saturated rings. The monoisotopic (exact) mass is 416 g/mol. The van der Waals surface area contributed by atoms with Crippen LogP contribution in [0.25, 0.3) is 42.9 Å². The summed E-state index contributed by atoms with van der Waals surface area (Å²) in [6.45, 7) is 0. The van der Waals surface area contributed by atoms with Crippen LogP contribution in [-0.2, 0) is 0 Å². The summed E-state index contributed by atoms with van der Waals surface area (Å²) in [5.74, 6) is 0.761. The minimum atomic E-state index is 0.761. The minimum Gasteiger partial charge on any atom is -0.226 e. The van der Waals surface area contributed by atoms with Gasteiger partial charge in [0.25, 0.3) is 0 Å². The van der Waals surface area contributed by atoms with Crippen molar-refractivity contribution in [2.24, 2.45) is 0 Å². The predicted octanol–water partition coefficient (Wildman–Crippen LogP) is 6.94. The van der Waals surface area contributed by atoms with Crippen molar-refractivity contribution in [3.05, 3.63) is 83.3 Å². The van der Waals surface area contributed by atoms with Crippen LogP contribution in [0.3, 0.4) is 0 Å². The minimum absolute atomic E-state index is 0.761. The molecule has 5 aromatic rings. The number of halogens is 1. The van der Waals surface area contributed by atoms with Crippen molar-refractivity contribution in [1.82, 2.24) is 9.97 Å². The van der Waals surface area contributed by atoms with Crippen molar-refractivity contribution in [1.29, 1.82) is 0 Å². The van der Waals surface area contributed by atoms with Gasteiger partial charge in [0.2, 0.25) is 0 Å². The van der Waals surface area contributed by atoms with Gasteiger partial charge in [-0.2, -0.15) is 0 Å². The van der Waals surface area contributed by atoms with Crippen molar-refractivity contribution in [3.8, 4) is 22.6 Å². The first-order valence-corrected chi connectivity index (χ1v) is 9.91. The second-order valence-corrected chi connectivity index (χ2v) is 8.02. The summed E-state index contributed by atoms with van der Waals surface area (Å²) >= 11 is 5.33. The van der Waals surface area contributed by atoms with Gasteiger partial charge in [0.05, 0.1) is 15.9 Å². The van der Waals surface area contributed by atoms with E-state index in [0.29, 0.717) is 0 Å². The van der Waals surface area contributed by atoms with Crippen molar-refractivity contribution in [2.45, 2.75) is 0 Å². The van der Waals surface area contributed by atoms with E-state index in [1.807, 2.05) is 30.3 Å². The molecule has 0 amide bonds. The maximum absolute atomic E-state index is 4.96. The van der Waals surface area contributed by atoms with E-state index in [4.69, 9.17) is 9.97 Å². The first-order valence-electron chi connectivity index (χ1n) is 8.30. The number of fused-ring (bicyclic) bond motifs is 3. The average molecular weight is 417 g/mol. The van der Waals surface area contributed by atoms with E-state index >= 15 is 0 Å². The van der Waals surface area contributed by atoms with Gasteiger partial charge in [-0.25, -0.2) is 9.97 Å². The highest BCUT2D eigenvalue weighted by Gasteiger charge is 2.16. The summed E-state index contributed by atoms with van der Waals surface area (Å²) in [5.41, 5.74) is 4.13. The summed E-state index contributed by atoms with van der Waals surface area (Å²) in [6.07, 6.45) is 0. The molecule has 0 spiro atoms. The number of nitrogens with zero attached hydrogens (tertiary/aromatic N) is 2. The third-order valence-corrected chi connectivity index (χ3v) is 6.01. The average Bonchev–Trinajstić information content (AvgIpc) is 3.06. The zero-order valence-corrected chi connectivity index (χ0v) is 16.1. The highest BCUT2D eigenvalue weighted by atomic mass is 79.9. The van der Waals surface area contributed by atoms with Crippen molar-refractivity contribution >= 4 is 47.6 Å². The molecule has 26 heavy (non-hydrogen) atoms. The van der Waals surface area contributed by atoms with Gasteiger partial charge in [-0.1, -0.05) is 76.6 Å². The van der Waals surface area contributed by atoms with Gasteiger partial charge in [0, 0.05) is 25.7 Å². The summed E-state index contributed by atoms with van der Waals surface area (Å²) in [5, 5.41) is 1.18. The summed E-state index contributed by atoms with van der Waals surface area (Å²) in [6, 6.07) is 26.9. The molecular weight excluding hydrogens is 404 g/mol. The van der Waals surface area contributed by atoms with Crippen molar-refractivity contribution in [3.63, 3.8) is 0 Å². The largest absolute Gasteiger partial charge is 0.226 e. The molecule has 0 aliphatic rings. The van der Waals surface area contributed by atoms with Gasteiger partial charge in [-0.3, -0.25) is 0 Å². The van der Waals surface area contributed by atoms with Crippen LogP contribution in [-0.4, -0.2) is 9.97 Å². The third kappa shape index (κ3) is 2.62. The summed E-state index contributed by atoms with van der Waals surface area (Å²) < 4.78 is 3.41. The molecule has 3 aromatic carbocycles. The van der Waals surface area contributed by atoms with E-state index in [-0.39, 0.29) is 0 Å². The first kappa shape index (κ1) is 15.7. The van der Waals surface area contributed by atoms with Crippen LogP contribution in [0.2, 0.25) is 0 Å². The lowest BCUT2D eigenvalue weighted by atomic mass is 10.1. The number of hydrogen-bond donors (Lipinski definition) is 0. The Morgan fingerprint density at radius 1 is 0.731 bits per heavy atom. The van der Waals surface area contributed by atoms with Crippen LogP contribution >= 0.6 is 27.3 Å². The van der Waals surface area contributed by atoms with Gasteiger partial charge in [0.15, 0.2) is 5.82 Å². The zero-order chi connectivity index (χ0) is 17.5. The van der Waals surface area contributed by atoms with E-state index in [9.17, 15) is 0 Å². The van der Waals surface area contributed by atoms with Crippen LogP contribution < -0.4 is 0 Å². The molecule has 0 radical (unpaired) electrons. The SMILES string of the molecule is Brc1cccc(-c2nc(-c3ccccc3)nc3c2sc2ccccc23)c1. The standard InChI is InChI=1S/C22H13BrN2S/c23-16-10-6-9-15(13-16)19-21-20(17-11-4-5-12-18(17)26-21)25-22(24-19)14-7-2-1-3-8-14/h1-13H.